The number of rotatable bonds is 6. The fourth-order valence-electron chi connectivity index (χ4n) is 4.02. The molecule has 0 radical (unpaired) electrons. The first-order valence-electron chi connectivity index (χ1n) is 11.2. The first-order valence-corrected chi connectivity index (χ1v) is 11.2. The minimum atomic E-state index is -0.411. The molecule has 9 heteroatoms. The highest BCUT2D eigenvalue weighted by Crippen LogP contribution is 2.39. The Hall–Kier alpha value is -4.66. The molecule has 0 spiro atoms. The Balaban J connectivity index is 1.72. The van der Waals surface area contributed by atoms with Crippen molar-refractivity contribution in [2.45, 2.75) is 12.8 Å². The number of aromatic nitrogens is 2. The highest BCUT2D eigenvalue weighted by atomic mass is 16.6. The fourth-order valence-corrected chi connectivity index (χ4v) is 4.02. The molecule has 9 nitrogen and oxygen atoms in total. The standard InChI is InChI=1S/C26H22N6O3/c1-35-22-15-9-19(10-16-22)28-29-25-24-23(8-5-17-27-24)30-31(26(25)18-6-3-2-4-7-18)20-11-13-21(14-12-20)32(33)34/h2-4,6-7,9-16H,5,8,17H2,1H3/p+1. The summed E-state index contributed by atoms with van der Waals surface area (Å²) in [7, 11) is 1.62. The zero-order chi connectivity index (χ0) is 24.2. The van der Waals surface area contributed by atoms with Gasteiger partial charge in [0.2, 0.25) is 5.69 Å². The highest BCUT2D eigenvalue weighted by molar-refractivity contribution is 5.81. The van der Waals surface area contributed by atoms with E-state index in [1.54, 1.807) is 23.9 Å². The third kappa shape index (κ3) is 4.56. The van der Waals surface area contributed by atoms with Gasteiger partial charge in [-0.25, -0.2) is 0 Å². The highest BCUT2D eigenvalue weighted by Gasteiger charge is 2.31. The van der Waals surface area contributed by atoms with E-state index in [1.165, 1.54) is 12.1 Å². The number of methoxy groups -OCH3 is 1. The summed E-state index contributed by atoms with van der Waals surface area (Å²) in [6, 6.07) is 23.5. The summed E-state index contributed by atoms with van der Waals surface area (Å²) in [5, 5.41) is 28.8. The third-order valence-corrected chi connectivity index (χ3v) is 5.76. The number of hydrogen-bond acceptors (Lipinski definition) is 7. The molecule has 0 unspecified atom stereocenters. The van der Waals surface area contributed by atoms with Gasteiger partial charge in [0, 0.05) is 35.9 Å². The summed E-state index contributed by atoms with van der Waals surface area (Å²) in [6.07, 6.45) is 1.73. The minimum absolute atomic E-state index is 0.0228. The van der Waals surface area contributed by atoms with Gasteiger partial charge in [-0.2, -0.15) is 5.11 Å². The number of aryl methyl sites for hydroxylation is 1. The lowest BCUT2D eigenvalue weighted by molar-refractivity contribution is -0.648. The van der Waals surface area contributed by atoms with Crippen molar-refractivity contribution in [1.29, 1.82) is 0 Å². The molecular formula is C26H23N6O3+. The van der Waals surface area contributed by atoms with Gasteiger partial charge in [-0.05, 0) is 53.9 Å². The lowest BCUT2D eigenvalue weighted by Crippen LogP contribution is -2.40. The largest absolute Gasteiger partial charge is 0.497 e. The molecule has 1 aliphatic heterocycles. The molecule has 1 N–H and O–H groups in total. The number of fused-ring (bicyclic) bond motifs is 1. The van der Waals surface area contributed by atoms with Crippen LogP contribution in [0, 0.1) is 10.1 Å². The first-order chi connectivity index (χ1) is 17.1. The van der Waals surface area contributed by atoms with Crippen LogP contribution in [-0.4, -0.2) is 23.7 Å². The third-order valence-electron chi connectivity index (χ3n) is 5.76. The number of hydrogen-bond donors (Lipinski definition) is 1. The van der Waals surface area contributed by atoms with Gasteiger partial charge in [-0.1, -0.05) is 18.2 Å². The van der Waals surface area contributed by atoms with E-state index in [1.807, 2.05) is 54.6 Å². The normalized spacial score (nSPS) is 12.7. The SMILES string of the molecule is COc1ccc(N=Nc2c3c(n[n+](-c4ccc([N+](=O)[O-])cc4)c2-c2ccccc2)CCCN3)cc1. The molecule has 1 aliphatic rings. The van der Waals surface area contributed by atoms with Crippen LogP contribution in [0.4, 0.5) is 22.7 Å². The molecule has 0 aliphatic carbocycles. The molecule has 0 saturated carbocycles. The summed E-state index contributed by atoms with van der Waals surface area (Å²) in [5.41, 5.74) is 5.44. The molecule has 174 valence electrons. The molecular weight excluding hydrogens is 444 g/mol. The fraction of sp³-hybridized carbons (Fsp3) is 0.154. The topological polar surface area (TPSA) is 106 Å². The van der Waals surface area contributed by atoms with Crippen molar-refractivity contribution >= 4 is 22.7 Å². The maximum absolute atomic E-state index is 11.2. The molecule has 0 fully saturated rings. The number of nitro groups is 1. The van der Waals surface area contributed by atoms with Crippen LogP contribution in [0.3, 0.4) is 0 Å². The Bertz CT molecular complexity index is 1390. The van der Waals surface area contributed by atoms with Crippen LogP contribution in [-0.2, 0) is 6.42 Å². The van der Waals surface area contributed by atoms with Crippen molar-refractivity contribution in [3.63, 3.8) is 0 Å². The zero-order valence-electron chi connectivity index (χ0n) is 19.1. The van der Waals surface area contributed by atoms with Crippen LogP contribution in [0.15, 0.2) is 89.1 Å². The second-order valence-corrected chi connectivity index (χ2v) is 8.00. The van der Waals surface area contributed by atoms with E-state index in [2.05, 4.69) is 10.4 Å². The van der Waals surface area contributed by atoms with Gasteiger partial charge in [-0.15, -0.1) is 5.11 Å². The average molecular weight is 468 g/mol. The minimum Gasteiger partial charge on any atom is -0.497 e. The number of ether oxygens (including phenoxy) is 1. The van der Waals surface area contributed by atoms with Gasteiger partial charge in [0.25, 0.3) is 11.4 Å². The lowest BCUT2D eigenvalue weighted by Gasteiger charge is -2.18. The van der Waals surface area contributed by atoms with Crippen molar-refractivity contribution in [3.05, 3.63) is 94.7 Å². The predicted octanol–water partition coefficient (Wildman–Crippen LogP) is 5.72. The number of benzene rings is 3. The molecule has 35 heavy (non-hydrogen) atoms. The van der Waals surface area contributed by atoms with Gasteiger partial charge in [0.1, 0.15) is 11.4 Å². The van der Waals surface area contributed by atoms with Crippen molar-refractivity contribution in [2.24, 2.45) is 10.2 Å². The van der Waals surface area contributed by atoms with Crippen molar-refractivity contribution in [2.75, 3.05) is 19.0 Å². The van der Waals surface area contributed by atoms with Crippen LogP contribution in [0.1, 0.15) is 12.1 Å². The van der Waals surface area contributed by atoms with Gasteiger partial charge in [-0.3, -0.25) is 10.1 Å². The quantitative estimate of drug-likeness (QED) is 0.169. The van der Waals surface area contributed by atoms with E-state index in [-0.39, 0.29) is 5.69 Å². The monoisotopic (exact) mass is 467 g/mol. The van der Waals surface area contributed by atoms with Gasteiger partial charge in [0.05, 0.1) is 29.0 Å². The summed E-state index contributed by atoms with van der Waals surface area (Å²) in [4.78, 5) is 10.8. The maximum Gasteiger partial charge on any atom is 0.275 e. The van der Waals surface area contributed by atoms with Crippen LogP contribution in [0.2, 0.25) is 0 Å². The number of nitro benzene ring substituents is 1. The predicted molar refractivity (Wildman–Crippen MR) is 132 cm³/mol. The van der Waals surface area contributed by atoms with E-state index in [9.17, 15) is 10.1 Å². The Kier molecular flexibility index (Phi) is 6.13. The van der Waals surface area contributed by atoms with Crippen LogP contribution >= 0.6 is 0 Å². The zero-order valence-corrected chi connectivity index (χ0v) is 19.1. The Morgan fingerprint density at radius 2 is 1.74 bits per heavy atom. The number of non-ortho nitro benzene ring substituents is 1. The van der Waals surface area contributed by atoms with E-state index >= 15 is 0 Å². The van der Waals surface area contributed by atoms with Gasteiger partial charge in [0.15, 0.2) is 5.69 Å². The molecule has 0 saturated heterocycles. The second kappa shape index (κ2) is 9.68. The Labute approximate surface area is 201 Å². The summed E-state index contributed by atoms with van der Waals surface area (Å²) in [5.74, 6) is 0.743. The number of nitrogens with one attached hydrogen (secondary N) is 1. The van der Waals surface area contributed by atoms with Gasteiger partial charge < -0.3 is 10.1 Å². The second-order valence-electron chi connectivity index (χ2n) is 8.00. The molecule has 0 bridgehead atoms. The van der Waals surface area contributed by atoms with Crippen molar-refractivity contribution in [1.82, 2.24) is 5.10 Å². The van der Waals surface area contributed by atoms with Crippen LogP contribution in [0.5, 0.6) is 5.75 Å². The summed E-state index contributed by atoms with van der Waals surface area (Å²) in [6.45, 7) is 0.815. The smallest absolute Gasteiger partial charge is 0.275 e. The van der Waals surface area contributed by atoms with Crippen molar-refractivity contribution in [3.8, 4) is 22.7 Å². The van der Waals surface area contributed by atoms with E-state index in [0.29, 0.717) is 17.1 Å². The van der Waals surface area contributed by atoms with E-state index < -0.39 is 4.92 Å². The summed E-state index contributed by atoms with van der Waals surface area (Å²) < 4.78 is 7.03. The molecule has 1 aromatic heterocycles. The molecule has 5 rings (SSSR count). The molecule has 3 aromatic carbocycles. The number of nitrogens with zero attached hydrogens (tertiary/aromatic N) is 5. The average Bonchev–Trinajstić information content (AvgIpc) is 2.92. The van der Waals surface area contributed by atoms with Gasteiger partial charge >= 0.3 is 0 Å². The molecule has 0 atom stereocenters. The molecule has 0 amide bonds. The van der Waals surface area contributed by atoms with E-state index in [4.69, 9.17) is 14.9 Å². The first kappa shape index (κ1) is 22.1. The summed E-state index contributed by atoms with van der Waals surface area (Å²) >= 11 is 0. The number of azo groups is 1. The Morgan fingerprint density at radius 1 is 1.00 bits per heavy atom. The lowest BCUT2D eigenvalue weighted by atomic mass is 10.0. The maximum atomic E-state index is 11.2. The van der Waals surface area contributed by atoms with Crippen LogP contribution < -0.4 is 14.7 Å². The molecule has 2 heterocycles. The number of anilines is 1. The molecule has 4 aromatic rings. The van der Waals surface area contributed by atoms with E-state index in [0.717, 1.165) is 47.8 Å². The Morgan fingerprint density at radius 3 is 2.43 bits per heavy atom. The van der Waals surface area contributed by atoms with Crippen molar-refractivity contribution < 1.29 is 14.3 Å². The van der Waals surface area contributed by atoms with Crippen LogP contribution in [0.25, 0.3) is 16.9 Å².